The van der Waals surface area contributed by atoms with Gasteiger partial charge in [0.1, 0.15) is 0 Å². The molecule has 1 aromatic carbocycles. The Morgan fingerprint density at radius 1 is 1.41 bits per heavy atom. The normalized spacial score (nSPS) is 23.2. The Hall–Kier alpha value is -1.07. The molecule has 0 saturated carbocycles. The Morgan fingerprint density at radius 3 is 2.77 bits per heavy atom. The molecular weight excluding hydrogens is 342 g/mol. The molecule has 2 heterocycles. The van der Waals surface area contributed by atoms with Crippen molar-refractivity contribution in [2.45, 2.75) is 13.3 Å². The zero-order valence-electron chi connectivity index (χ0n) is 13.0. The van der Waals surface area contributed by atoms with E-state index in [1.807, 2.05) is 6.92 Å². The molecule has 2 fully saturated rings. The van der Waals surface area contributed by atoms with E-state index in [9.17, 15) is 4.79 Å². The lowest BCUT2D eigenvalue weighted by atomic mass is 9.88. The molecule has 22 heavy (non-hydrogen) atoms. The highest BCUT2D eigenvalue weighted by atomic mass is 79.9. The number of hydrogen-bond donors (Lipinski definition) is 2. The van der Waals surface area contributed by atoms with Gasteiger partial charge in [-0.2, -0.15) is 0 Å². The second-order valence-electron chi connectivity index (χ2n) is 6.53. The molecule has 0 aromatic heterocycles. The van der Waals surface area contributed by atoms with Gasteiger partial charge in [0.05, 0.1) is 0 Å². The molecule has 1 aromatic rings. The van der Waals surface area contributed by atoms with Crippen LogP contribution in [0.15, 0.2) is 28.7 Å². The molecule has 0 bridgehead atoms. The molecule has 4 nitrogen and oxygen atoms in total. The topological polar surface area (TPSA) is 44.4 Å². The minimum Gasteiger partial charge on any atom is -0.371 e. The van der Waals surface area contributed by atoms with E-state index in [1.54, 1.807) is 0 Å². The Labute approximate surface area is 140 Å². The van der Waals surface area contributed by atoms with E-state index in [0.717, 1.165) is 43.6 Å². The Kier molecular flexibility index (Phi) is 5.03. The molecule has 2 saturated heterocycles. The van der Waals surface area contributed by atoms with Crippen LogP contribution >= 0.6 is 15.9 Å². The first-order valence-electron chi connectivity index (χ1n) is 8.12. The summed E-state index contributed by atoms with van der Waals surface area (Å²) < 4.78 is 1.11. The van der Waals surface area contributed by atoms with Gasteiger partial charge in [-0.25, -0.2) is 0 Å². The summed E-state index contributed by atoms with van der Waals surface area (Å²) >= 11 is 3.47. The van der Waals surface area contributed by atoms with Crippen molar-refractivity contribution >= 4 is 27.5 Å². The summed E-state index contributed by atoms with van der Waals surface area (Å²) in [5.41, 5.74) is 1.27. The number of anilines is 1. The number of benzene rings is 1. The van der Waals surface area contributed by atoms with Crippen molar-refractivity contribution in [2.75, 3.05) is 37.6 Å². The van der Waals surface area contributed by atoms with Crippen LogP contribution in [0, 0.1) is 17.8 Å². The molecule has 0 radical (unpaired) electrons. The smallest absolute Gasteiger partial charge is 0.223 e. The average molecular weight is 366 g/mol. The molecule has 2 atom stereocenters. The standard InChI is InChI=1S/C17H24BrN3O/c1-12(14-9-19-10-14)17(22)20-8-13-6-7-21(11-13)16-4-2-15(18)3-5-16/h2-5,12-14,19H,6-11H2,1H3,(H,20,22). The summed E-state index contributed by atoms with van der Waals surface area (Å²) in [7, 11) is 0. The number of carbonyl (C=O) groups excluding carboxylic acids is 1. The van der Waals surface area contributed by atoms with Gasteiger partial charge in [0, 0.05) is 35.7 Å². The van der Waals surface area contributed by atoms with E-state index in [4.69, 9.17) is 0 Å². The molecule has 1 amide bonds. The molecule has 2 aliphatic heterocycles. The third kappa shape index (κ3) is 3.63. The third-order valence-corrected chi connectivity index (χ3v) is 5.50. The van der Waals surface area contributed by atoms with Crippen LogP contribution in [0.1, 0.15) is 13.3 Å². The summed E-state index contributed by atoms with van der Waals surface area (Å²) in [6.45, 7) is 6.91. The molecule has 3 rings (SSSR count). The van der Waals surface area contributed by atoms with Crippen LogP contribution in [0.3, 0.4) is 0 Å². The molecule has 0 aliphatic carbocycles. The number of nitrogens with zero attached hydrogens (tertiary/aromatic N) is 1. The predicted octanol–water partition coefficient (Wildman–Crippen LogP) is 2.25. The maximum absolute atomic E-state index is 12.2. The van der Waals surface area contributed by atoms with Gasteiger partial charge in [0.15, 0.2) is 0 Å². The van der Waals surface area contributed by atoms with Crippen LogP contribution in [0.2, 0.25) is 0 Å². The summed E-state index contributed by atoms with van der Waals surface area (Å²) in [5.74, 6) is 1.42. The fourth-order valence-corrected chi connectivity index (χ4v) is 3.43. The van der Waals surface area contributed by atoms with E-state index >= 15 is 0 Å². The van der Waals surface area contributed by atoms with E-state index in [-0.39, 0.29) is 11.8 Å². The largest absolute Gasteiger partial charge is 0.371 e. The number of nitrogens with one attached hydrogen (secondary N) is 2. The van der Waals surface area contributed by atoms with Crippen LogP contribution in [-0.4, -0.2) is 38.6 Å². The summed E-state index contributed by atoms with van der Waals surface area (Å²) in [6, 6.07) is 8.46. The first-order chi connectivity index (χ1) is 10.6. The zero-order chi connectivity index (χ0) is 15.5. The van der Waals surface area contributed by atoms with Gasteiger partial charge < -0.3 is 15.5 Å². The highest BCUT2D eigenvalue weighted by molar-refractivity contribution is 9.10. The minimum absolute atomic E-state index is 0.130. The van der Waals surface area contributed by atoms with Crippen LogP contribution in [0.5, 0.6) is 0 Å². The summed E-state index contributed by atoms with van der Waals surface area (Å²) in [6.07, 6.45) is 1.15. The van der Waals surface area contributed by atoms with Crippen molar-refractivity contribution in [2.24, 2.45) is 17.8 Å². The van der Waals surface area contributed by atoms with Crippen molar-refractivity contribution in [3.8, 4) is 0 Å². The molecule has 2 aliphatic rings. The van der Waals surface area contributed by atoms with E-state index < -0.39 is 0 Å². The molecule has 120 valence electrons. The Balaban J connectivity index is 1.44. The van der Waals surface area contributed by atoms with Crippen LogP contribution in [-0.2, 0) is 4.79 Å². The highest BCUT2D eigenvalue weighted by Crippen LogP contribution is 2.25. The average Bonchev–Trinajstić information content (AvgIpc) is 2.92. The van der Waals surface area contributed by atoms with Crippen molar-refractivity contribution < 1.29 is 4.79 Å². The monoisotopic (exact) mass is 365 g/mol. The maximum atomic E-state index is 12.2. The van der Waals surface area contributed by atoms with E-state index in [2.05, 4.69) is 55.7 Å². The molecule has 5 heteroatoms. The number of hydrogen-bond acceptors (Lipinski definition) is 3. The van der Waals surface area contributed by atoms with Crippen molar-refractivity contribution in [1.82, 2.24) is 10.6 Å². The van der Waals surface area contributed by atoms with E-state index in [0.29, 0.717) is 11.8 Å². The lowest BCUT2D eigenvalue weighted by Gasteiger charge is -2.32. The SMILES string of the molecule is CC(C(=O)NCC1CCN(c2ccc(Br)cc2)C1)C1CNC1. The van der Waals surface area contributed by atoms with Gasteiger partial charge in [-0.05, 0) is 55.6 Å². The molecule has 0 spiro atoms. The van der Waals surface area contributed by atoms with Gasteiger partial charge in [-0.3, -0.25) is 4.79 Å². The van der Waals surface area contributed by atoms with Crippen molar-refractivity contribution in [3.63, 3.8) is 0 Å². The fraction of sp³-hybridized carbons (Fsp3) is 0.588. The van der Waals surface area contributed by atoms with Crippen molar-refractivity contribution in [3.05, 3.63) is 28.7 Å². The highest BCUT2D eigenvalue weighted by Gasteiger charge is 2.29. The third-order valence-electron chi connectivity index (χ3n) is 4.98. The van der Waals surface area contributed by atoms with Crippen LogP contribution in [0.25, 0.3) is 0 Å². The number of carbonyl (C=O) groups is 1. The van der Waals surface area contributed by atoms with Gasteiger partial charge in [-0.1, -0.05) is 22.9 Å². The quantitative estimate of drug-likeness (QED) is 0.840. The molecule has 2 unspecified atom stereocenters. The number of amides is 1. The number of halogens is 1. The summed E-state index contributed by atoms with van der Waals surface area (Å²) in [5, 5.41) is 6.39. The van der Waals surface area contributed by atoms with Crippen LogP contribution < -0.4 is 15.5 Å². The lowest BCUT2D eigenvalue weighted by molar-refractivity contribution is -0.126. The maximum Gasteiger partial charge on any atom is 0.223 e. The fourth-order valence-electron chi connectivity index (χ4n) is 3.17. The molecular formula is C17H24BrN3O. The number of rotatable bonds is 5. The summed E-state index contributed by atoms with van der Waals surface area (Å²) in [4.78, 5) is 14.6. The van der Waals surface area contributed by atoms with E-state index in [1.165, 1.54) is 5.69 Å². The van der Waals surface area contributed by atoms with Crippen LogP contribution in [0.4, 0.5) is 5.69 Å². The minimum atomic E-state index is 0.130. The zero-order valence-corrected chi connectivity index (χ0v) is 14.6. The second-order valence-corrected chi connectivity index (χ2v) is 7.44. The molecule has 2 N–H and O–H groups in total. The van der Waals surface area contributed by atoms with Gasteiger partial charge in [0.25, 0.3) is 0 Å². The first-order valence-corrected chi connectivity index (χ1v) is 8.91. The lowest BCUT2D eigenvalue weighted by Crippen LogP contribution is -2.50. The van der Waals surface area contributed by atoms with Gasteiger partial charge in [0.2, 0.25) is 5.91 Å². The van der Waals surface area contributed by atoms with Crippen molar-refractivity contribution in [1.29, 1.82) is 0 Å². The Morgan fingerprint density at radius 2 is 2.14 bits per heavy atom. The first kappa shape index (κ1) is 15.8. The van der Waals surface area contributed by atoms with Gasteiger partial charge in [-0.15, -0.1) is 0 Å². The second kappa shape index (κ2) is 7.01. The predicted molar refractivity (Wildman–Crippen MR) is 93.0 cm³/mol. The Bertz CT molecular complexity index is 515. The van der Waals surface area contributed by atoms with Gasteiger partial charge >= 0.3 is 0 Å².